The van der Waals surface area contributed by atoms with Gasteiger partial charge < -0.3 is 10.9 Å². The van der Waals surface area contributed by atoms with E-state index in [4.69, 9.17) is 10.9 Å². The molecule has 1 atom stereocenters. The zero-order chi connectivity index (χ0) is 13.8. The van der Waals surface area contributed by atoms with E-state index in [0.717, 1.165) is 4.90 Å². The lowest BCUT2D eigenvalue weighted by atomic mass is 10.2. The van der Waals surface area contributed by atoms with E-state index >= 15 is 0 Å². The summed E-state index contributed by atoms with van der Waals surface area (Å²) >= 11 is 1.52. The molecule has 0 amide bonds. The van der Waals surface area contributed by atoms with E-state index in [1.54, 1.807) is 24.3 Å². The minimum absolute atomic E-state index is 0.0467. The highest BCUT2D eigenvalue weighted by Gasteiger charge is 2.09. The van der Waals surface area contributed by atoms with Crippen molar-refractivity contribution in [2.75, 3.05) is 12.0 Å². The van der Waals surface area contributed by atoms with Crippen molar-refractivity contribution in [3.05, 3.63) is 24.3 Å². The Morgan fingerprint density at radius 1 is 1.44 bits per heavy atom. The van der Waals surface area contributed by atoms with Crippen LogP contribution in [0.25, 0.3) is 0 Å². The van der Waals surface area contributed by atoms with E-state index in [1.807, 2.05) is 6.92 Å². The number of sulfone groups is 1. The molecule has 0 saturated carbocycles. The predicted molar refractivity (Wildman–Crippen MR) is 72.8 cm³/mol. The minimum atomic E-state index is -3.15. The second-order valence-electron chi connectivity index (χ2n) is 3.98. The monoisotopic (exact) mass is 288 g/mol. The van der Waals surface area contributed by atoms with Gasteiger partial charge in [-0.1, -0.05) is 12.1 Å². The van der Waals surface area contributed by atoms with Gasteiger partial charge in [0.05, 0.1) is 4.90 Å². The normalized spacial score (nSPS) is 14.4. The number of oxime groups is 1. The highest BCUT2D eigenvalue weighted by atomic mass is 32.2. The van der Waals surface area contributed by atoms with Crippen molar-refractivity contribution in [1.29, 1.82) is 0 Å². The van der Waals surface area contributed by atoms with E-state index in [-0.39, 0.29) is 11.8 Å². The summed E-state index contributed by atoms with van der Waals surface area (Å²) in [4.78, 5) is 1.25. The topological polar surface area (TPSA) is 92.8 Å². The van der Waals surface area contributed by atoms with Gasteiger partial charge in [-0.25, -0.2) is 8.42 Å². The van der Waals surface area contributed by atoms with Crippen LogP contribution in [0.1, 0.15) is 6.92 Å². The molecular weight excluding hydrogens is 272 g/mol. The number of nitrogens with two attached hydrogens (primary N) is 1. The molecule has 0 aromatic heterocycles. The number of hydrogen-bond donors (Lipinski definition) is 2. The summed E-state index contributed by atoms with van der Waals surface area (Å²) in [5, 5.41) is 11.5. The van der Waals surface area contributed by atoms with Crippen molar-refractivity contribution in [3.8, 4) is 0 Å². The molecule has 0 heterocycles. The second-order valence-corrected chi connectivity index (χ2v) is 7.09. The van der Waals surface area contributed by atoms with Gasteiger partial charge in [0, 0.05) is 22.8 Å². The molecule has 100 valence electrons. The molecule has 5 nitrogen and oxygen atoms in total. The van der Waals surface area contributed by atoms with E-state index < -0.39 is 9.84 Å². The fourth-order valence-corrected chi connectivity index (χ4v) is 2.76. The van der Waals surface area contributed by atoms with Crippen molar-refractivity contribution in [2.24, 2.45) is 16.8 Å². The quantitative estimate of drug-likeness (QED) is 0.282. The summed E-state index contributed by atoms with van der Waals surface area (Å²) in [6.45, 7) is 1.85. The number of benzene rings is 1. The first-order valence-corrected chi connectivity index (χ1v) is 8.12. The Morgan fingerprint density at radius 3 is 2.44 bits per heavy atom. The van der Waals surface area contributed by atoms with Crippen LogP contribution < -0.4 is 5.73 Å². The van der Waals surface area contributed by atoms with Crippen LogP contribution in [0.4, 0.5) is 0 Å². The van der Waals surface area contributed by atoms with Gasteiger partial charge in [-0.05, 0) is 24.3 Å². The molecule has 1 rings (SSSR count). The molecule has 0 spiro atoms. The SMILES string of the molecule is CC(CSc1ccc(S(C)(=O)=O)cc1)/C(N)=N/O. The molecule has 0 aliphatic rings. The lowest BCUT2D eigenvalue weighted by Crippen LogP contribution is -2.22. The molecule has 7 heteroatoms. The maximum absolute atomic E-state index is 11.3. The Hall–Kier alpha value is -1.21. The molecule has 0 fully saturated rings. The van der Waals surface area contributed by atoms with Gasteiger partial charge in [-0.2, -0.15) is 0 Å². The Bertz CT molecular complexity index is 524. The fraction of sp³-hybridized carbons (Fsp3) is 0.364. The highest BCUT2D eigenvalue weighted by Crippen LogP contribution is 2.22. The summed E-state index contributed by atoms with van der Waals surface area (Å²) in [5.74, 6) is 0.804. The van der Waals surface area contributed by atoms with Crippen LogP contribution >= 0.6 is 11.8 Å². The summed E-state index contributed by atoms with van der Waals surface area (Å²) in [6.07, 6.45) is 1.18. The number of amidine groups is 1. The van der Waals surface area contributed by atoms with E-state index in [9.17, 15) is 8.42 Å². The molecule has 0 aliphatic heterocycles. The van der Waals surface area contributed by atoms with Crippen molar-refractivity contribution < 1.29 is 13.6 Å². The van der Waals surface area contributed by atoms with Gasteiger partial charge in [0.15, 0.2) is 9.84 Å². The molecule has 18 heavy (non-hydrogen) atoms. The van der Waals surface area contributed by atoms with Gasteiger partial charge in [0.25, 0.3) is 0 Å². The first-order chi connectivity index (χ1) is 8.34. The van der Waals surface area contributed by atoms with Crippen molar-refractivity contribution in [3.63, 3.8) is 0 Å². The highest BCUT2D eigenvalue weighted by molar-refractivity contribution is 7.99. The molecule has 3 N–H and O–H groups in total. The van der Waals surface area contributed by atoms with Crippen molar-refractivity contribution in [1.82, 2.24) is 0 Å². The molecule has 1 aromatic rings. The van der Waals surface area contributed by atoms with Crippen molar-refractivity contribution >= 4 is 27.4 Å². The van der Waals surface area contributed by atoms with Gasteiger partial charge in [-0.15, -0.1) is 11.8 Å². The van der Waals surface area contributed by atoms with Crippen LogP contribution in [0.2, 0.25) is 0 Å². The number of hydrogen-bond acceptors (Lipinski definition) is 5. The number of nitrogens with zero attached hydrogens (tertiary/aromatic N) is 1. The second kappa shape index (κ2) is 6.10. The third-order valence-electron chi connectivity index (χ3n) is 2.37. The zero-order valence-electron chi connectivity index (χ0n) is 10.2. The fourth-order valence-electron chi connectivity index (χ4n) is 1.19. The van der Waals surface area contributed by atoms with Gasteiger partial charge in [0.1, 0.15) is 5.84 Å². The first-order valence-electron chi connectivity index (χ1n) is 5.25. The van der Waals surface area contributed by atoms with Gasteiger partial charge in [-0.3, -0.25) is 0 Å². The Balaban J connectivity index is 2.66. The summed E-state index contributed by atoms with van der Waals surface area (Å²) in [6, 6.07) is 6.65. The lowest BCUT2D eigenvalue weighted by molar-refractivity contribution is 0.315. The summed E-state index contributed by atoms with van der Waals surface area (Å²) in [5.41, 5.74) is 5.47. The average Bonchev–Trinajstić information content (AvgIpc) is 2.34. The number of thioether (sulfide) groups is 1. The molecule has 1 aromatic carbocycles. The molecular formula is C11H16N2O3S2. The average molecular weight is 288 g/mol. The third-order valence-corrected chi connectivity index (χ3v) is 4.77. The Morgan fingerprint density at radius 2 is 2.00 bits per heavy atom. The van der Waals surface area contributed by atoms with E-state index in [1.165, 1.54) is 18.0 Å². The van der Waals surface area contributed by atoms with Crippen LogP contribution in [-0.4, -0.2) is 31.5 Å². The van der Waals surface area contributed by atoms with Crippen LogP contribution in [0.15, 0.2) is 39.2 Å². The molecule has 0 radical (unpaired) electrons. The predicted octanol–water partition coefficient (Wildman–Crippen LogP) is 1.56. The van der Waals surface area contributed by atoms with Gasteiger partial charge >= 0.3 is 0 Å². The zero-order valence-corrected chi connectivity index (χ0v) is 11.8. The third kappa shape index (κ3) is 4.23. The van der Waals surface area contributed by atoms with E-state index in [2.05, 4.69) is 5.16 Å². The first kappa shape index (κ1) is 14.8. The maximum atomic E-state index is 11.3. The number of rotatable bonds is 5. The largest absolute Gasteiger partial charge is 0.409 e. The Labute approximate surface area is 111 Å². The standard InChI is InChI=1S/C11H16N2O3S2/c1-8(11(12)13-14)7-17-9-3-5-10(6-4-9)18(2,15)16/h3-6,8,14H,7H2,1-2H3,(H2,12,13). The molecule has 0 saturated heterocycles. The summed E-state index contributed by atoms with van der Waals surface area (Å²) < 4.78 is 22.5. The molecule has 0 bridgehead atoms. The minimum Gasteiger partial charge on any atom is -0.409 e. The van der Waals surface area contributed by atoms with Crippen LogP contribution in [-0.2, 0) is 9.84 Å². The van der Waals surface area contributed by atoms with Crippen LogP contribution in [0, 0.1) is 5.92 Å². The maximum Gasteiger partial charge on any atom is 0.175 e. The Kier molecular flexibility index (Phi) is 5.03. The lowest BCUT2D eigenvalue weighted by Gasteiger charge is -2.09. The van der Waals surface area contributed by atoms with Crippen LogP contribution in [0.3, 0.4) is 0 Å². The van der Waals surface area contributed by atoms with Gasteiger partial charge in [0.2, 0.25) is 0 Å². The smallest absolute Gasteiger partial charge is 0.175 e. The van der Waals surface area contributed by atoms with Crippen molar-refractivity contribution in [2.45, 2.75) is 16.7 Å². The molecule has 0 aliphatic carbocycles. The summed E-state index contributed by atoms with van der Waals surface area (Å²) in [7, 11) is -3.15. The van der Waals surface area contributed by atoms with E-state index in [0.29, 0.717) is 10.6 Å². The van der Waals surface area contributed by atoms with Crippen LogP contribution in [0.5, 0.6) is 0 Å². The molecule has 1 unspecified atom stereocenters.